The summed E-state index contributed by atoms with van der Waals surface area (Å²) in [6, 6.07) is 19.1. The summed E-state index contributed by atoms with van der Waals surface area (Å²) >= 11 is 3.44. The minimum absolute atomic E-state index is 0.0473. The Morgan fingerprint density at radius 3 is 2.33 bits per heavy atom. The van der Waals surface area contributed by atoms with E-state index in [-0.39, 0.29) is 17.3 Å². The van der Waals surface area contributed by atoms with E-state index >= 15 is 0 Å². The second-order valence-electron chi connectivity index (χ2n) is 8.54. The van der Waals surface area contributed by atoms with Gasteiger partial charge >= 0.3 is 0 Å². The second kappa shape index (κ2) is 9.54. The van der Waals surface area contributed by atoms with Gasteiger partial charge in [0.1, 0.15) is 5.69 Å². The molecule has 0 spiro atoms. The number of aryl methyl sites for hydroxylation is 1. The third-order valence-corrected chi connectivity index (χ3v) is 7.10. The number of amides is 1. The van der Waals surface area contributed by atoms with Crippen molar-refractivity contribution in [3.8, 4) is 5.69 Å². The largest absolute Gasteiger partial charge is 0.368 e. The van der Waals surface area contributed by atoms with Crippen LogP contribution in [0.4, 0.5) is 11.4 Å². The maximum atomic E-state index is 13.2. The molecule has 0 unspecified atom stereocenters. The van der Waals surface area contributed by atoms with Gasteiger partial charge in [-0.15, -0.1) is 0 Å². The van der Waals surface area contributed by atoms with Gasteiger partial charge in [0.25, 0.3) is 17.2 Å². The molecule has 5 rings (SSSR count). The van der Waals surface area contributed by atoms with Crippen LogP contribution in [0.5, 0.6) is 0 Å². The van der Waals surface area contributed by atoms with Gasteiger partial charge in [-0.3, -0.25) is 19.7 Å². The molecule has 0 aliphatic carbocycles. The lowest BCUT2D eigenvalue weighted by Crippen LogP contribution is -2.48. The summed E-state index contributed by atoms with van der Waals surface area (Å²) in [6.07, 6.45) is 0. The predicted octanol–water partition coefficient (Wildman–Crippen LogP) is 4.33. The van der Waals surface area contributed by atoms with Crippen molar-refractivity contribution in [1.29, 1.82) is 0 Å². The summed E-state index contributed by atoms with van der Waals surface area (Å²) < 4.78 is 1.87. The lowest BCUT2D eigenvalue weighted by Gasteiger charge is -2.36. The SMILES string of the molecule is Cc1nn(-c2cc(N3CCN(C(=O)c4ccccc4Br)CC3)ccc2[N+](=O)[O-])c(=O)c2ccccc12. The number of anilines is 1. The molecule has 1 aliphatic rings. The number of hydrogen-bond donors (Lipinski definition) is 0. The lowest BCUT2D eigenvalue weighted by atomic mass is 10.1. The smallest absolute Gasteiger partial charge is 0.295 e. The molecule has 0 bridgehead atoms. The number of fused-ring (bicyclic) bond motifs is 1. The third kappa shape index (κ3) is 4.24. The summed E-state index contributed by atoms with van der Waals surface area (Å²) in [5, 5.41) is 17.4. The van der Waals surface area contributed by atoms with Crippen molar-refractivity contribution in [1.82, 2.24) is 14.7 Å². The van der Waals surface area contributed by atoms with Crippen LogP contribution in [-0.4, -0.2) is 51.7 Å². The molecule has 1 aromatic heterocycles. The number of rotatable bonds is 4. The molecule has 0 saturated carbocycles. The van der Waals surface area contributed by atoms with Gasteiger partial charge in [-0.2, -0.15) is 9.78 Å². The first-order chi connectivity index (χ1) is 17.3. The predicted molar refractivity (Wildman–Crippen MR) is 141 cm³/mol. The number of halogens is 1. The van der Waals surface area contributed by atoms with Gasteiger partial charge in [-0.05, 0) is 53.2 Å². The average molecular weight is 548 g/mol. The highest BCUT2D eigenvalue weighted by Crippen LogP contribution is 2.29. The molecule has 3 aromatic carbocycles. The summed E-state index contributed by atoms with van der Waals surface area (Å²) in [7, 11) is 0. The van der Waals surface area contributed by atoms with Crippen molar-refractivity contribution in [3.63, 3.8) is 0 Å². The van der Waals surface area contributed by atoms with Crippen LogP contribution >= 0.6 is 15.9 Å². The number of hydrogen-bond acceptors (Lipinski definition) is 6. The Bertz CT molecular complexity index is 1560. The number of piperazine rings is 1. The van der Waals surface area contributed by atoms with E-state index in [1.54, 1.807) is 42.2 Å². The van der Waals surface area contributed by atoms with Crippen LogP contribution in [0.3, 0.4) is 0 Å². The minimum Gasteiger partial charge on any atom is -0.368 e. The molecule has 182 valence electrons. The fourth-order valence-corrected chi connectivity index (χ4v) is 4.97. The monoisotopic (exact) mass is 547 g/mol. The van der Waals surface area contributed by atoms with Crippen LogP contribution in [0.25, 0.3) is 16.5 Å². The van der Waals surface area contributed by atoms with Crippen molar-refractivity contribution in [2.45, 2.75) is 6.92 Å². The Kier molecular flexibility index (Phi) is 6.27. The number of benzene rings is 3. The molecule has 9 nitrogen and oxygen atoms in total. The van der Waals surface area contributed by atoms with Crippen LogP contribution < -0.4 is 10.5 Å². The number of aromatic nitrogens is 2. The highest BCUT2D eigenvalue weighted by Gasteiger charge is 2.26. The molecule has 10 heteroatoms. The molecule has 2 heterocycles. The summed E-state index contributed by atoms with van der Waals surface area (Å²) in [6.45, 7) is 3.87. The molecule has 1 fully saturated rings. The molecule has 1 aliphatic heterocycles. The van der Waals surface area contributed by atoms with Crippen LogP contribution in [0.15, 0.2) is 76.0 Å². The van der Waals surface area contributed by atoms with Crippen LogP contribution in [0.1, 0.15) is 16.1 Å². The molecule has 1 amide bonds. The van der Waals surface area contributed by atoms with Gasteiger partial charge in [0.15, 0.2) is 0 Å². The number of carbonyl (C=O) groups excluding carboxylic acids is 1. The first kappa shape index (κ1) is 23.7. The Hall–Kier alpha value is -4.05. The number of nitrogens with zero attached hydrogens (tertiary/aromatic N) is 5. The van der Waals surface area contributed by atoms with Gasteiger partial charge in [0, 0.05) is 47.8 Å². The first-order valence-corrected chi connectivity index (χ1v) is 12.2. The van der Waals surface area contributed by atoms with Crippen LogP contribution in [0.2, 0.25) is 0 Å². The highest BCUT2D eigenvalue weighted by atomic mass is 79.9. The lowest BCUT2D eigenvalue weighted by molar-refractivity contribution is -0.384. The van der Waals surface area contributed by atoms with Crippen molar-refractivity contribution in [2.75, 3.05) is 31.1 Å². The van der Waals surface area contributed by atoms with Crippen LogP contribution in [0, 0.1) is 17.0 Å². The molecular weight excluding hydrogens is 526 g/mol. The van der Waals surface area contributed by atoms with E-state index in [1.165, 1.54) is 6.07 Å². The molecule has 1 saturated heterocycles. The first-order valence-electron chi connectivity index (χ1n) is 11.4. The van der Waals surface area contributed by atoms with E-state index in [9.17, 15) is 19.7 Å². The van der Waals surface area contributed by atoms with E-state index in [1.807, 2.05) is 30.3 Å². The maximum Gasteiger partial charge on any atom is 0.295 e. The summed E-state index contributed by atoms with van der Waals surface area (Å²) in [4.78, 5) is 41.4. The Morgan fingerprint density at radius 2 is 1.64 bits per heavy atom. The van der Waals surface area contributed by atoms with Gasteiger partial charge in [-0.25, -0.2) is 0 Å². The molecule has 0 N–H and O–H groups in total. The maximum absolute atomic E-state index is 13.2. The summed E-state index contributed by atoms with van der Waals surface area (Å²) in [5.41, 5.74) is 1.43. The topological polar surface area (TPSA) is 102 Å². The molecule has 0 radical (unpaired) electrons. The van der Waals surface area contributed by atoms with E-state index in [0.29, 0.717) is 48.2 Å². The average Bonchev–Trinajstić information content (AvgIpc) is 2.90. The van der Waals surface area contributed by atoms with Crippen molar-refractivity contribution in [2.24, 2.45) is 0 Å². The number of carbonyl (C=O) groups is 1. The van der Waals surface area contributed by atoms with Gasteiger partial charge in [0.2, 0.25) is 0 Å². The zero-order valence-electron chi connectivity index (χ0n) is 19.4. The Balaban J connectivity index is 1.46. The van der Waals surface area contributed by atoms with Gasteiger partial charge in [-0.1, -0.05) is 30.3 Å². The number of nitro benzene ring substituents is 1. The second-order valence-corrected chi connectivity index (χ2v) is 9.39. The normalized spacial score (nSPS) is 13.7. The van der Waals surface area contributed by atoms with Gasteiger partial charge in [0.05, 0.1) is 21.6 Å². The fourth-order valence-electron chi connectivity index (χ4n) is 4.52. The molecular formula is C26H22BrN5O4. The van der Waals surface area contributed by atoms with Gasteiger partial charge < -0.3 is 9.80 Å². The number of nitro groups is 1. The molecule has 0 atom stereocenters. The summed E-state index contributed by atoms with van der Waals surface area (Å²) in [5.74, 6) is -0.0473. The fraction of sp³-hybridized carbons (Fsp3) is 0.192. The van der Waals surface area contributed by atoms with E-state index in [2.05, 4.69) is 25.9 Å². The highest BCUT2D eigenvalue weighted by molar-refractivity contribution is 9.10. The van der Waals surface area contributed by atoms with Crippen molar-refractivity contribution < 1.29 is 9.72 Å². The van der Waals surface area contributed by atoms with E-state index in [0.717, 1.165) is 14.8 Å². The Morgan fingerprint density at radius 1 is 0.972 bits per heavy atom. The Labute approximate surface area is 214 Å². The zero-order valence-corrected chi connectivity index (χ0v) is 21.0. The molecule has 4 aromatic rings. The third-order valence-electron chi connectivity index (χ3n) is 6.41. The minimum atomic E-state index is -0.508. The molecule has 36 heavy (non-hydrogen) atoms. The van der Waals surface area contributed by atoms with E-state index in [4.69, 9.17) is 0 Å². The van der Waals surface area contributed by atoms with Crippen LogP contribution in [-0.2, 0) is 0 Å². The standard InChI is InChI=1S/C26H22BrN5O4/c1-17-19-6-2-3-7-20(19)26(34)31(28-17)24-16-18(10-11-23(24)32(35)36)29-12-14-30(15-13-29)25(33)21-8-4-5-9-22(21)27/h2-11,16H,12-15H2,1H3. The quantitative estimate of drug-likeness (QED) is 0.278. The van der Waals surface area contributed by atoms with Crippen molar-refractivity contribution >= 4 is 44.0 Å². The van der Waals surface area contributed by atoms with E-state index < -0.39 is 10.5 Å². The zero-order chi connectivity index (χ0) is 25.4. The van der Waals surface area contributed by atoms with Crippen molar-refractivity contribution in [3.05, 3.63) is 103 Å².